The normalized spacial score (nSPS) is 10.9. The van der Waals surface area contributed by atoms with Gasteiger partial charge in [-0.3, -0.25) is 0 Å². The van der Waals surface area contributed by atoms with Crippen molar-refractivity contribution in [1.29, 1.82) is 0 Å². The van der Waals surface area contributed by atoms with Crippen LogP contribution in [0.4, 0.5) is 0 Å². The van der Waals surface area contributed by atoms with Crippen LogP contribution in [0.2, 0.25) is 0 Å². The Hall–Kier alpha value is -0.160. The lowest BCUT2D eigenvalue weighted by Gasteiger charge is -2.06. The molecule has 0 aromatic carbocycles. The number of hydrogen-bond acceptors (Lipinski definition) is 4. The van der Waals surface area contributed by atoms with Crippen molar-refractivity contribution in [2.75, 3.05) is 46.2 Å². The second kappa shape index (κ2) is 15.8. The Kier molecular flexibility index (Phi) is 15.7. The van der Waals surface area contributed by atoms with Gasteiger partial charge in [0.2, 0.25) is 0 Å². The summed E-state index contributed by atoms with van der Waals surface area (Å²) in [5, 5.41) is 8.46. The van der Waals surface area contributed by atoms with E-state index in [-0.39, 0.29) is 6.61 Å². The van der Waals surface area contributed by atoms with Gasteiger partial charge >= 0.3 is 0 Å². The highest BCUT2D eigenvalue weighted by Crippen LogP contribution is 2.02. The summed E-state index contributed by atoms with van der Waals surface area (Å²) in [6.45, 7) is 5.91. The van der Waals surface area contributed by atoms with Gasteiger partial charge in [-0.1, -0.05) is 32.6 Å². The maximum Gasteiger partial charge on any atom is 0.0701 e. The van der Waals surface area contributed by atoms with Crippen molar-refractivity contribution in [1.82, 2.24) is 0 Å². The van der Waals surface area contributed by atoms with Crippen LogP contribution in [-0.2, 0) is 14.2 Å². The molecule has 0 unspecified atom stereocenters. The van der Waals surface area contributed by atoms with Gasteiger partial charge in [0, 0.05) is 6.61 Å². The van der Waals surface area contributed by atoms with E-state index in [9.17, 15) is 0 Å². The molecule has 0 heterocycles. The van der Waals surface area contributed by atoms with Gasteiger partial charge in [0.25, 0.3) is 0 Å². The Balaban J connectivity index is 2.85. The first-order valence-corrected chi connectivity index (χ1v) is 6.76. The molecular weight excluding hydrogens is 220 g/mol. The van der Waals surface area contributed by atoms with Crippen LogP contribution in [0.1, 0.15) is 39.0 Å². The summed E-state index contributed by atoms with van der Waals surface area (Å²) in [6, 6.07) is 0. The summed E-state index contributed by atoms with van der Waals surface area (Å²) in [7, 11) is 0. The van der Waals surface area contributed by atoms with E-state index in [1.54, 1.807) is 0 Å². The van der Waals surface area contributed by atoms with Crippen LogP contribution in [0.15, 0.2) is 0 Å². The van der Waals surface area contributed by atoms with Gasteiger partial charge in [-0.2, -0.15) is 0 Å². The second-order valence-electron chi connectivity index (χ2n) is 3.97. The van der Waals surface area contributed by atoms with Crippen LogP contribution in [0.3, 0.4) is 0 Å². The quantitative estimate of drug-likeness (QED) is 0.478. The van der Waals surface area contributed by atoms with Crippen molar-refractivity contribution in [2.24, 2.45) is 0 Å². The largest absolute Gasteiger partial charge is 0.394 e. The fraction of sp³-hybridized carbons (Fsp3) is 1.00. The van der Waals surface area contributed by atoms with Gasteiger partial charge in [0.1, 0.15) is 0 Å². The number of rotatable bonds is 14. The summed E-state index contributed by atoms with van der Waals surface area (Å²) in [4.78, 5) is 0. The van der Waals surface area contributed by atoms with Crippen LogP contribution in [0.25, 0.3) is 0 Å². The molecule has 0 spiro atoms. The average molecular weight is 248 g/mol. The molecule has 0 aromatic heterocycles. The van der Waals surface area contributed by atoms with E-state index >= 15 is 0 Å². The van der Waals surface area contributed by atoms with E-state index in [4.69, 9.17) is 19.3 Å². The number of aliphatic hydroxyl groups excluding tert-OH is 1. The zero-order valence-electron chi connectivity index (χ0n) is 11.2. The Labute approximate surface area is 105 Å². The summed E-state index contributed by atoms with van der Waals surface area (Å²) in [6.07, 6.45) is 6.35. The second-order valence-corrected chi connectivity index (χ2v) is 3.97. The van der Waals surface area contributed by atoms with E-state index in [2.05, 4.69) is 6.92 Å². The fourth-order valence-electron chi connectivity index (χ4n) is 1.41. The van der Waals surface area contributed by atoms with Crippen molar-refractivity contribution in [3.63, 3.8) is 0 Å². The monoisotopic (exact) mass is 248 g/mol. The number of aliphatic hydroxyl groups is 1. The van der Waals surface area contributed by atoms with Crippen LogP contribution in [0.5, 0.6) is 0 Å². The molecule has 0 aromatic rings. The van der Waals surface area contributed by atoms with Crippen LogP contribution in [0, 0.1) is 0 Å². The van der Waals surface area contributed by atoms with E-state index in [0.717, 1.165) is 13.0 Å². The summed E-state index contributed by atoms with van der Waals surface area (Å²) in [5.41, 5.74) is 0. The molecule has 0 aliphatic heterocycles. The first-order chi connectivity index (χ1) is 8.41. The molecular formula is C13H28O4. The average Bonchev–Trinajstić information content (AvgIpc) is 2.35. The predicted octanol–water partition coefficient (Wildman–Crippen LogP) is 2.00. The van der Waals surface area contributed by atoms with Gasteiger partial charge in [-0.15, -0.1) is 0 Å². The minimum atomic E-state index is 0.0706. The molecule has 0 radical (unpaired) electrons. The molecule has 0 aliphatic rings. The minimum absolute atomic E-state index is 0.0706. The standard InChI is InChI=1S/C13H28O4/c1-2-3-4-5-6-8-15-10-12-17-13-11-16-9-7-14/h14H,2-13H2,1H3. The van der Waals surface area contributed by atoms with Gasteiger partial charge in [-0.25, -0.2) is 0 Å². The Morgan fingerprint density at radius 3 is 1.76 bits per heavy atom. The lowest BCUT2D eigenvalue weighted by molar-refractivity contribution is 0.00720. The molecule has 1 N–H and O–H groups in total. The van der Waals surface area contributed by atoms with Gasteiger partial charge in [0.05, 0.1) is 39.6 Å². The molecule has 0 amide bonds. The lowest BCUT2D eigenvalue weighted by Crippen LogP contribution is -2.11. The molecule has 17 heavy (non-hydrogen) atoms. The zero-order chi connectivity index (χ0) is 12.6. The SMILES string of the molecule is CCCCCCCOCCOCCOCCO. The van der Waals surface area contributed by atoms with Crippen molar-refractivity contribution >= 4 is 0 Å². The molecule has 0 atom stereocenters. The molecule has 0 bridgehead atoms. The van der Waals surface area contributed by atoms with E-state index < -0.39 is 0 Å². The van der Waals surface area contributed by atoms with Crippen molar-refractivity contribution in [3.8, 4) is 0 Å². The third-order valence-corrected chi connectivity index (χ3v) is 2.37. The third-order valence-electron chi connectivity index (χ3n) is 2.37. The summed E-state index contributed by atoms with van der Waals surface area (Å²) >= 11 is 0. The van der Waals surface area contributed by atoms with E-state index in [1.807, 2.05) is 0 Å². The minimum Gasteiger partial charge on any atom is -0.394 e. The maximum atomic E-state index is 8.46. The highest BCUT2D eigenvalue weighted by molar-refractivity contribution is 4.41. The van der Waals surface area contributed by atoms with Crippen molar-refractivity contribution in [2.45, 2.75) is 39.0 Å². The molecule has 0 fully saturated rings. The molecule has 0 saturated carbocycles. The van der Waals surface area contributed by atoms with Gasteiger partial charge < -0.3 is 19.3 Å². The molecule has 0 rings (SSSR count). The number of ether oxygens (including phenoxy) is 3. The molecule has 0 saturated heterocycles. The molecule has 4 nitrogen and oxygen atoms in total. The molecule has 0 aliphatic carbocycles. The fourth-order valence-corrected chi connectivity index (χ4v) is 1.41. The van der Waals surface area contributed by atoms with Crippen LogP contribution in [-0.4, -0.2) is 51.4 Å². The number of unbranched alkanes of at least 4 members (excludes halogenated alkanes) is 4. The summed E-state index contributed by atoms with van der Waals surface area (Å²) < 4.78 is 15.8. The summed E-state index contributed by atoms with van der Waals surface area (Å²) in [5.74, 6) is 0. The Bertz CT molecular complexity index is 117. The van der Waals surface area contributed by atoms with Crippen molar-refractivity contribution in [3.05, 3.63) is 0 Å². The highest BCUT2D eigenvalue weighted by atomic mass is 16.5. The van der Waals surface area contributed by atoms with Gasteiger partial charge in [0.15, 0.2) is 0 Å². The highest BCUT2D eigenvalue weighted by Gasteiger charge is 1.92. The van der Waals surface area contributed by atoms with Crippen LogP contribution < -0.4 is 0 Å². The van der Waals surface area contributed by atoms with E-state index in [0.29, 0.717) is 33.0 Å². The zero-order valence-corrected chi connectivity index (χ0v) is 11.2. The Morgan fingerprint density at radius 1 is 0.647 bits per heavy atom. The molecule has 4 heteroatoms. The molecule has 104 valence electrons. The lowest BCUT2D eigenvalue weighted by atomic mass is 10.2. The smallest absolute Gasteiger partial charge is 0.0701 e. The number of hydrogen-bond donors (Lipinski definition) is 1. The Morgan fingerprint density at radius 2 is 1.18 bits per heavy atom. The van der Waals surface area contributed by atoms with Crippen LogP contribution >= 0.6 is 0 Å². The predicted molar refractivity (Wildman–Crippen MR) is 68.3 cm³/mol. The first kappa shape index (κ1) is 16.8. The topological polar surface area (TPSA) is 47.9 Å². The van der Waals surface area contributed by atoms with Crippen molar-refractivity contribution < 1.29 is 19.3 Å². The van der Waals surface area contributed by atoms with Gasteiger partial charge in [-0.05, 0) is 6.42 Å². The third kappa shape index (κ3) is 15.8. The maximum absolute atomic E-state index is 8.46. The van der Waals surface area contributed by atoms with E-state index in [1.165, 1.54) is 25.7 Å². The first-order valence-electron chi connectivity index (χ1n) is 6.76.